The van der Waals surface area contributed by atoms with Crippen molar-refractivity contribution in [3.63, 3.8) is 0 Å². The van der Waals surface area contributed by atoms with Gasteiger partial charge in [-0.25, -0.2) is 0 Å². The summed E-state index contributed by atoms with van der Waals surface area (Å²) in [6.45, 7) is 9.06. The summed E-state index contributed by atoms with van der Waals surface area (Å²) in [6, 6.07) is 18.8. The number of rotatable bonds is 6. The molecule has 0 N–H and O–H groups in total. The topological polar surface area (TPSA) is 26.5 Å². The van der Waals surface area contributed by atoms with E-state index in [1.54, 1.807) is 0 Å². The van der Waals surface area contributed by atoms with Gasteiger partial charge in [0.05, 0.1) is 6.61 Å². The first kappa shape index (κ1) is 18.0. The number of benzene rings is 2. The minimum atomic E-state index is 0.634. The van der Waals surface area contributed by atoms with Gasteiger partial charge in [0.25, 0.3) is 0 Å². The van der Waals surface area contributed by atoms with E-state index in [9.17, 15) is 0 Å². The fourth-order valence-corrected chi connectivity index (χ4v) is 3.18. The number of nitrogens with zero attached hydrogens (tertiary/aromatic N) is 2. The van der Waals surface area contributed by atoms with Crippen molar-refractivity contribution in [2.24, 2.45) is 4.99 Å². The zero-order valence-electron chi connectivity index (χ0n) is 16.0. The van der Waals surface area contributed by atoms with Crippen molar-refractivity contribution in [3.05, 3.63) is 77.1 Å². The molecule has 0 radical (unpaired) electrons. The summed E-state index contributed by atoms with van der Waals surface area (Å²) < 4.78 is 7.93. The lowest BCUT2D eigenvalue weighted by Gasteiger charge is -2.10. The maximum Gasteiger partial charge on any atom is 0.144 e. The molecule has 0 atom stereocenters. The lowest BCUT2D eigenvalue weighted by molar-refractivity contribution is 0.341. The Hall–Kier alpha value is -2.81. The highest BCUT2D eigenvalue weighted by Crippen LogP contribution is 2.27. The quantitative estimate of drug-likeness (QED) is 0.518. The number of aryl methyl sites for hydroxylation is 2. The molecular weight excluding hydrogens is 320 g/mol. The van der Waals surface area contributed by atoms with E-state index in [1.165, 1.54) is 22.6 Å². The number of para-hydroxylation sites is 2. The van der Waals surface area contributed by atoms with E-state index in [1.807, 2.05) is 37.4 Å². The van der Waals surface area contributed by atoms with Gasteiger partial charge in [0.2, 0.25) is 0 Å². The molecule has 3 rings (SSSR count). The molecule has 3 aromatic rings. The number of hydrogen-bond donors (Lipinski definition) is 0. The van der Waals surface area contributed by atoms with Crippen molar-refractivity contribution in [1.82, 2.24) is 4.57 Å². The second kappa shape index (κ2) is 8.05. The third kappa shape index (κ3) is 3.72. The number of hydrogen-bond acceptors (Lipinski definition) is 2. The van der Waals surface area contributed by atoms with Gasteiger partial charge in [0, 0.05) is 28.9 Å². The van der Waals surface area contributed by atoms with Crippen LogP contribution in [0.1, 0.15) is 36.4 Å². The van der Waals surface area contributed by atoms with Crippen molar-refractivity contribution in [1.29, 1.82) is 0 Å². The molecule has 1 heterocycles. The predicted molar refractivity (Wildman–Crippen MR) is 109 cm³/mol. The molecule has 2 aromatic carbocycles. The summed E-state index contributed by atoms with van der Waals surface area (Å²) in [5.74, 6) is 0.815. The SMILES string of the molecule is CCOc1ccccc1N=Cc1cc(C)n(-c2ccc(CC)cc2)c1C. The highest BCUT2D eigenvalue weighted by atomic mass is 16.5. The minimum absolute atomic E-state index is 0.634. The Labute approximate surface area is 156 Å². The largest absolute Gasteiger partial charge is 0.492 e. The summed E-state index contributed by atoms with van der Waals surface area (Å²) in [4.78, 5) is 4.67. The second-order valence-electron chi connectivity index (χ2n) is 6.34. The van der Waals surface area contributed by atoms with Crippen LogP contribution in [0, 0.1) is 13.8 Å². The summed E-state index contributed by atoms with van der Waals surface area (Å²) in [5.41, 5.74) is 6.90. The molecule has 1 aromatic heterocycles. The van der Waals surface area contributed by atoms with Crippen LogP contribution in [0.25, 0.3) is 5.69 Å². The van der Waals surface area contributed by atoms with Crippen LogP contribution in [0.2, 0.25) is 0 Å². The van der Waals surface area contributed by atoms with Gasteiger partial charge in [0.15, 0.2) is 0 Å². The molecule has 0 unspecified atom stereocenters. The van der Waals surface area contributed by atoms with Crippen LogP contribution in [-0.2, 0) is 6.42 Å². The Morgan fingerprint density at radius 2 is 1.73 bits per heavy atom. The van der Waals surface area contributed by atoms with E-state index in [4.69, 9.17) is 4.74 Å². The van der Waals surface area contributed by atoms with Crippen LogP contribution < -0.4 is 4.74 Å². The first-order valence-electron chi connectivity index (χ1n) is 9.18. The van der Waals surface area contributed by atoms with Crippen LogP contribution in [0.15, 0.2) is 59.6 Å². The smallest absolute Gasteiger partial charge is 0.144 e. The van der Waals surface area contributed by atoms with Crippen LogP contribution in [0.4, 0.5) is 5.69 Å². The van der Waals surface area contributed by atoms with Crippen LogP contribution in [0.5, 0.6) is 5.75 Å². The van der Waals surface area contributed by atoms with E-state index in [2.05, 4.69) is 60.7 Å². The molecule has 0 spiro atoms. The molecule has 0 aliphatic carbocycles. The second-order valence-corrected chi connectivity index (χ2v) is 6.34. The van der Waals surface area contributed by atoms with Gasteiger partial charge < -0.3 is 9.30 Å². The van der Waals surface area contributed by atoms with Gasteiger partial charge in [-0.2, -0.15) is 0 Å². The molecule has 3 heteroatoms. The molecule has 26 heavy (non-hydrogen) atoms. The summed E-state index contributed by atoms with van der Waals surface area (Å²) in [7, 11) is 0. The van der Waals surface area contributed by atoms with E-state index in [0.29, 0.717) is 6.61 Å². The first-order valence-corrected chi connectivity index (χ1v) is 9.18. The zero-order chi connectivity index (χ0) is 18.5. The maximum absolute atomic E-state index is 5.66. The van der Waals surface area contributed by atoms with Crippen LogP contribution >= 0.6 is 0 Å². The molecular formula is C23H26N2O. The molecule has 0 bridgehead atoms. The molecule has 3 nitrogen and oxygen atoms in total. The van der Waals surface area contributed by atoms with Gasteiger partial charge >= 0.3 is 0 Å². The fraction of sp³-hybridized carbons (Fsp3) is 0.261. The van der Waals surface area contributed by atoms with Gasteiger partial charge in [-0.15, -0.1) is 0 Å². The summed E-state index contributed by atoms with van der Waals surface area (Å²) >= 11 is 0. The van der Waals surface area contributed by atoms with E-state index >= 15 is 0 Å². The summed E-state index contributed by atoms with van der Waals surface area (Å²) in [6.07, 6.45) is 2.98. The average Bonchev–Trinajstić information content (AvgIpc) is 2.95. The lowest BCUT2D eigenvalue weighted by atomic mass is 10.1. The molecule has 0 saturated carbocycles. The standard InChI is InChI=1S/C23H26N2O/c1-5-19-11-13-21(14-12-19)25-17(3)15-20(18(25)4)16-24-22-9-7-8-10-23(22)26-6-2/h7-16H,5-6H2,1-4H3. The number of aromatic nitrogens is 1. The average molecular weight is 346 g/mol. The van der Waals surface area contributed by atoms with Crippen molar-refractivity contribution in [2.75, 3.05) is 6.61 Å². The molecule has 0 amide bonds. The third-order valence-electron chi connectivity index (χ3n) is 4.58. The van der Waals surface area contributed by atoms with E-state index < -0.39 is 0 Å². The van der Waals surface area contributed by atoms with E-state index in [-0.39, 0.29) is 0 Å². The highest BCUT2D eigenvalue weighted by molar-refractivity contribution is 5.85. The summed E-state index contributed by atoms with van der Waals surface area (Å²) in [5, 5.41) is 0. The van der Waals surface area contributed by atoms with Crippen LogP contribution in [0.3, 0.4) is 0 Å². The Kier molecular flexibility index (Phi) is 5.57. The highest BCUT2D eigenvalue weighted by Gasteiger charge is 2.09. The fourth-order valence-electron chi connectivity index (χ4n) is 3.18. The monoisotopic (exact) mass is 346 g/mol. The van der Waals surface area contributed by atoms with Crippen molar-refractivity contribution in [2.45, 2.75) is 34.1 Å². The van der Waals surface area contributed by atoms with Gasteiger partial charge in [-0.1, -0.05) is 31.2 Å². The molecule has 0 aliphatic rings. The van der Waals surface area contributed by atoms with Gasteiger partial charge in [-0.3, -0.25) is 4.99 Å². The van der Waals surface area contributed by atoms with Crippen molar-refractivity contribution >= 4 is 11.9 Å². The van der Waals surface area contributed by atoms with E-state index in [0.717, 1.165) is 23.4 Å². The Morgan fingerprint density at radius 3 is 2.42 bits per heavy atom. The normalized spacial score (nSPS) is 11.2. The third-order valence-corrected chi connectivity index (χ3v) is 4.58. The molecule has 0 fully saturated rings. The van der Waals surface area contributed by atoms with Gasteiger partial charge in [-0.05, 0) is 63.1 Å². The molecule has 134 valence electrons. The van der Waals surface area contributed by atoms with Crippen molar-refractivity contribution < 1.29 is 4.74 Å². The Balaban J connectivity index is 1.93. The zero-order valence-corrected chi connectivity index (χ0v) is 16.0. The Morgan fingerprint density at radius 1 is 1.00 bits per heavy atom. The first-order chi connectivity index (χ1) is 12.6. The lowest BCUT2D eigenvalue weighted by Crippen LogP contribution is -1.99. The number of ether oxygens (including phenoxy) is 1. The predicted octanol–water partition coefficient (Wildman–Crippen LogP) is 5.81. The number of aliphatic imine (C=N–C) groups is 1. The van der Waals surface area contributed by atoms with Crippen LogP contribution in [-0.4, -0.2) is 17.4 Å². The molecule has 0 saturated heterocycles. The van der Waals surface area contributed by atoms with Crippen molar-refractivity contribution in [3.8, 4) is 11.4 Å². The molecule has 0 aliphatic heterocycles. The minimum Gasteiger partial charge on any atom is -0.492 e. The Bertz CT molecular complexity index is 904. The van der Waals surface area contributed by atoms with Gasteiger partial charge in [0.1, 0.15) is 11.4 Å². The maximum atomic E-state index is 5.66.